The van der Waals surface area contributed by atoms with Crippen LogP contribution in [0.2, 0.25) is 0 Å². The molecule has 1 aromatic rings. The Balaban J connectivity index is 2.84. The lowest BCUT2D eigenvalue weighted by atomic mass is 10.2. The number of benzene rings is 1. The molecule has 5 nitrogen and oxygen atoms in total. The van der Waals surface area contributed by atoms with Crippen LogP contribution in [-0.4, -0.2) is 19.7 Å². The van der Waals surface area contributed by atoms with Gasteiger partial charge in [0, 0.05) is 18.0 Å². The van der Waals surface area contributed by atoms with Crippen molar-refractivity contribution in [2.45, 2.75) is 13.8 Å². The fourth-order valence-electron chi connectivity index (χ4n) is 1.41. The second-order valence-electron chi connectivity index (χ2n) is 3.72. The van der Waals surface area contributed by atoms with Gasteiger partial charge in [-0.2, -0.15) is 5.26 Å². The van der Waals surface area contributed by atoms with Crippen LogP contribution in [-0.2, 0) is 9.53 Å². The molecule has 0 heterocycles. The molecule has 5 heteroatoms. The summed E-state index contributed by atoms with van der Waals surface area (Å²) in [6.45, 7) is 3.85. The Morgan fingerprint density at radius 1 is 1.53 bits per heavy atom. The first-order valence-electron chi connectivity index (χ1n) is 5.81. The van der Waals surface area contributed by atoms with Gasteiger partial charge in [0.25, 0.3) is 0 Å². The Labute approximate surface area is 112 Å². The summed E-state index contributed by atoms with van der Waals surface area (Å²) in [6.07, 6.45) is 1.32. The zero-order valence-corrected chi connectivity index (χ0v) is 11.2. The van der Waals surface area contributed by atoms with Crippen LogP contribution in [0.5, 0.6) is 5.75 Å². The number of esters is 1. The van der Waals surface area contributed by atoms with Crippen LogP contribution >= 0.6 is 0 Å². The Morgan fingerprint density at radius 2 is 2.26 bits per heavy atom. The fraction of sp³-hybridized carbons (Fsp3) is 0.286. The average molecular weight is 260 g/mol. The van der Waals surface area contributed by atoms with Crippen molar-refractivity contribution in [1.82, 2.24) is 0 Å². The lowest BCUT2D eigenvalue weighted by Crippen LogP contribution is -2.07. The fourth-order valence-corrected chi connectivity index (χ4v) is 1.41. The lowest BCUT2D eigenvalue weighted by Gasteiger charge is -2.07. The second-order valence-corrected chi connectivity index (χ2v) is 3.72. The Hall–Kier alpha value is -2.48. The maximum atomic E-state index is 11.4. The number of methoxy groups -OCH3 is 1. The Bertz CT molecular complexity index is 530. The minimum Gasteiger partial charge on any atom is -0.496 e. The van der Waals surface area contributed by atoms with Gasteiger partial charge in [-0.05, 0) is 25.5 Å². The molecule has 0 atom stereocenters. The predicted octanol–water partition coefficient (Wildman–Crippen LogP) is 2.39. The van der Waals surface area contributed by atoms with Gasteiger partial charge in [-0.1, -0.05) is 6.07 Å². The van der Waals surface area contributed by atoms with Gasteiger partial charge < -0.3 is 14.8 Å². The monoisotopic (exact) mass is 260 g/mol. The van der Waals surface area contributed by atoms with Crippen LogP contribution in [0.1, 0.15) is 12.5 Å². The Kier molecular flexibility index (Phi) is 5.42. The maximum absolute atomic E-state index is 11.4. The zero-order chi connectivity index (χ0) is 14.3. The molecule has 1 N–H and O–H groups in total. The third-order valence-corrected chi connectivity index (χ3v) is 2.41. The van der Waals surface area contributed by atoms with Crippen molar-refractivity contribution in [1.29, 1.82) is 5.26 Å². The van der Waals surface area contributed by atoms with Crippen molar-refractivity contribution in [2.24, 2.45) is 0 Å². The van der Waals surface area contributed by atoms with Crippen LogP contribution < -0.4 is 10.1 Å². The summed E-state index contributed by atoms with van der Waals surface area (Å²) < 4.78 is 9.94. The highest BCUT2D eigenvalue weighted by Crippen LogP contribution is 2.22. The molecule has 0 aromatic heterocycles. The first-order valence-corrected chi connectivity index (χ1v) is 5.81. The minimum atomic E-state index is -0.642. The first-order chi connectivity index (χ1) is 9.12. The highest BCUT2D eigenvalue weighted by atomic mass is 16.5. The van der Waals surface area contributed by atoms with Gasteiger partial charge in [-0.3, -0.25) is 0 Å². The van der Waals surface area contributed by atoms with Crippen molar-refractivity contribution in [3.63, 3.8) is 0 Å². The predicted molar refractivity (Wildman–Crippen MR) is 71.7 cm³/mol. The van der Waals surface area contributed by atoms with Crippen molar-refractivity contribution in [3.05, 3.63) is 35.5 Å². The number of carbonyl (C=O) groups is 1. The molecule has 0 aliphatic heterocycles. The van der Waals surface area contributed by atoms with E-state index in [9.17, 15) is 4.79 Å². The highest BCUT2D eigenvalue weighted by Gasteiger charge is 2.09. The number of rotatable bonds is 5. The number of aryl methyl sites for hydroxylation is 1. The second kappa shape index (κ2) is 7.07. The molecule has 0 unspecified atom stereocenters. The third-order valence-electron chi connectivity index (χ3n) is 2.41. The number of hydrogen-bond acceptors (Lipinski definition) is 5. The van der Waals surface area contributed by atoms with Crippen LogP contribution in [0.25, 0.3) is 0 Å². The normalized spacial score (nSPS) is 10.5. The van der Waals surface area contributed by atoms with Crippen LogP contribution in [0.15, 0.2) is 30.0 Å². The van der Waals surface area contributed by atoms with Gasteiger partial charge in [0.1, 0.15) is 11.8 Å². The van der Waals surface area contributed by atoms with Crippen molar-refractivity contribution < 1.29 is 14.3 Å². The van der Waals surface area contributed by atoms with E-state index in [1.807, 2.05) is 19.1 Å². The molecular weight excluding hydrogens is 244 g/mol. The number of nitrogens with zero attached hydrogens (tertiary/aromatic N) is 1. The van der Waals surface area contributed by atoms with Gasteiger partial charge in [0.2, 0.25) is 0 Å². The maximum Gasteiger partial charge on any atom is 0.350 e. The standard InChI is InChI=1S/C14H16N2O3/c1-4-19-14(17)11(8-15)9-16-12-6-5-10(2)13(7-12)18-3/h5-7,9,16H,4H2,1-3H3/b11-9+. The van der Waals surface area contributed by atoms with E-state index in [1.54, 1.807) is 26.2 Å². The van der Waals surface area contributed by atoms with Crippen LogP contribution in [0, 0.1) is 18.3 Å². The summed E-state index contributed by atoms with van der Waals surface area (Å²) in [7, 11) is 1.58. The third kappa shape index (κ3) is 4.03. The topological polar surface area (TPSA) is 71.4 Å². The first kappa shape index (κ1) is 14.6. The molecule has 0 radical (unpaired) electrons. The molecule has 1 aromatic carbocycles. The van der Waals surface area contributed by atoms with Gasteiger partial charge in [-0.15, -0.1) is 0 Å². The van der Waals surface area contributed by atoms with Gasteiger partial charge in [0.05, 0.1) is 13.7 Å². The van der Waals surface area contributed by atoms with Crippen LogP contribution in [0.3, 0.4) is 0 Å². The molecule has 0 fully saturated rings. The number of hydrogen-bond donors (Lipinski definition) is 1. The molecule has 0 aliphatic carbocycles. The Morgan fingerprint density at radius 3 is 2.84 bits per heavy atom. The molecule has 0 saturated carbocycles. The molecule has 0 saturated heterocycles. The van der Waals surface area contributed by atoms with Gasteiger partial charge in [-0.25, -0.2) is 4.79 Å². The molecule has 100 valence electrons. The van der Waals surface area contributed by atoms with Crippen molar-refractivity contribution in [2.75, 3.05) is 19.0 Å². The van der Waals surface area contributed by atoms with Gasteiger partial charge >= 0.3 is 5.97 Å². The molecule has 0 amide bonds. The van der Waals surface area contributed by atoms with E-state index in [-0.39, 0.29) is 12.2 Å². The molecule has 0 bridgehead atoms. The zero-order valence-electron chi connectivity index (χ0n) is 11.2. The number of anilines is 1. The molecule has 0 aliphatic rings. The van der Waals surface area contributed by atoms with Crippen molar-refractivity contribution >= 4 is 11.7 Å². The van der Waals surface area contributed by atoms with Crippen molar-refractivity contribution in [3.8, 4) is 11.8 Å². The largest absolute Gasteiger partial charge is 0.496 e. The summed E-state index contributed by atoms with van der Waals surface area (Å²) in [4.78, 5) is 11.4. The quantitative estimate of drug-likeness (QED) is 0.500. The summed E-state index contributed by atoms with van der Waals surface area (Å²) >= 11 is 0. The average Bonchev–Trinajstić information content (AvgIpc) is 2.41. The minimum absolute atomic E-state index is 0.0820. The number of nitrogens with one attached hydrogen (secondary N) is 1. The number of nitriles is 1. The summed E-state index contributed by atoms with van der Waals surface area (Å²) in [6, 6.07) is 7.28. The van der Waals surface area contributed by atoms with E-state index >= 15 is 0 Å². The van der Waals surface area contributed by atoms with E-state index in [2.05, 4.69) is 5.32 Å². The summed E-state index contributed by atoms with van der Waals surface area (Å²) in [5.74, 6) is 0.0876. The lowest BCUT2D eigenvalue weighted by molar-refractivity contribution is -0.138. The molecule has 19 heavy (non-hydrogen) atoms. The number of carbonyl (C=O) groups excluding carboxylic acids is 1. The molecule has 0 spiro atoms. The summed E-state index contributed by atoms with van der Waals surface area (Å²) in [5, 5.41) is 11.7. The van der Waals surface area contributed by atoms with E-state index in [0.717, 1.165) is 17.0 Å². The summed E-state index contributed by atoms with van der Waals surface area (Å²) in [5.41, 5.74) is 1.64. The molecule has 1 rings (SSSR count). The van der Waals surface area contributed by atoms with E-state index in [0.29, 0.717) is 0 Å². The van der Waals surface area contributed by atoms with Crippen LogP contribution in [0.4, 0.5) is 5.69 Å². The number of ether oxygens (including phenoxy) is 2. The van der Waals surface area contributed by atoms with E-state index < -0.39 is 5.97 Å². The SMILES string of the molecule is CCOC(=O)/C(C#N)=C/Nc1ccc(C)c(OC)c1. The highest BCUT2D eigenvalue weighted by molar-refractivity contribution is 5.93. The van der Waals surface area contributed by atoms with Gasteiger partial charge in [0.15, 0.2) is 5.57 Å². The molecular formula is C14H16N2O3. The van der Waals surface area contributed by atoms with E-state index in [4.69, 9.17) is 14.7 Å². The van der Waals surface area contributed by atoms with E-state index in [1.165, 1.54) is 6.20 Å². The smallest absolute Gasteiger partial charge is 0.350 e.